The first-order valence-electron chi connectivity index (χ1n) is 6.69. The number of carbonyl (C=O) groups is 1. The van der Waals surface area contributed by atoms with Crippen molar-refractivity contribution in [3.63, 3.8) is 0 Å². The van der Waals surface area contributed by atoms with Gasteiger partial charge in [-0.1, -0.05) is 12.1 Å². The Labute approximate surface area is 118 Å². The van der Waals surface area contributed by atoms with Crippen LogP contribution in [0.3, 0.4) is 0 Å². The lowest BCUT2D eigenvalue weighted by Gasteiger charge is -2.20. The van der Waals surface area contributed by atoms with Gasteiger partial charge in [-0.25, -0.2) is 4.98 Å². The molecule has 0 aliphatic heterocycles. The minimum Gasteiger partial charge on any atom is -0.369 e. The van der Waals surface area contributed by atoms with Gasteiger partial charge in [0, 0.05) is 13.7 Å². The van der Waals surface area contributed by atoms with Gasteiger partial charge in [0.05, 0.1) is 29.5 Å². The highest BCUT2D eigenvalue weighted by atomic mass is 16.5. The number of nitrogens with zero attached hydrogens (tertiary/aromatic N) is 3. The molecular weight excluding hydrogens is 254 g/mol. The highest BCUT2D eigenvalue weighted by molar-refractivity contribution is 5.80. The van der Waals surface area contributed by atoms with Gasteiger partial charge in [0.1, 0.15) is 6.10 Å². The third kappa shape index (κ3) is 3.30. The van der Waals surface area contributed by atoms with Crippen molar-refractivity contribution in [3.8, 4) is 0 Å². The molecule has 1 atom stereocenters. The van der Waals surface area contributed by atoms with Crippen LogP contribution in [0.4, 0.5) is 0 Å². The number of para-hydroxylation sites is 2. The van der Waals surface area contributed by atoms with Crippen molar-refractivity contribution in [2.45, 2.75) is 26.5 Å². The van der Waals surface area contributed by atoms with Gasteiger partial charge in [-0.2, -0.15) is 0 Å². The van der Waals surface area contributed by atoms with Crippen molar-refractivity contribution in [2.75, 3.05) is 13.7 Å². The summed E-state index contributed by atoms with van der Waals surface area (Å²) >= 11 is 0. The van der Waals surface area contributed by atoms with E-state index < -0.39 is 6.10 Å². The van der Waals surface area contributed by atoms with Crippen LogP contribution in [0.1, 0.15) is 19.5 Å². The Morgan fingerprint density at radius 3 is 2.75 bits per heavy atom. The van der Waals surface area contributed by atoms with Crippen LogP contribution in [0.15, 0.2) is 30.5 Å². The first-order chi connectivity index (χ1) is 9.61. The fourth-order valence-electron chi connectivity index (χ4n) is 2.02. The Balaban J connectivity index is 2.09. The van der Waals surface area contributed by atoms with Crippen molar-refractivity contribution in [1.29, 1.82) is 0 Å². The van der Waals surface area contributed by atoms with Crippen molar-refractivity contribution in [3.05, 3.63) is 36.2 Å². The maximum atomic E-state index is 12.1. The highest BCUT2D eigenvalue weighted by Crippen LogP contribution is 2.10. The van der Waals surface area contributed by atoms with Crippen LogP contribution in [-0.4, -0.2) is 40.5 Å². The second kappa shape index (κ2) is 6.43. The molecule has 2 rings (SSSR count). The van der Waals surface area contributed by atoms with Crippen LogP contribution < -0.4 is 0 Å². The summed E-state index contributed by atoms with van der Waals surface area (Å²) < 4.78 is 5.31. The number of amides is 1. The molecule has 0 spiro atoms. The monoisotopic (exact) mass is 273 g/mol. The molecule has 106 valence electrons. The molecule has 0 aliphatic rings. The summed E-state index contributed by atoms with van der Waals surface area (Å²) in [7, 11) is 1.74. The average molecular weight is 273 g/mol. The van der Waals surface area contributed by atoms with Gasteiger partial charge in [-0.05, 0) is 26.0 Å². The molecule has 1 heterocycles. The molecule has 2 aromatic rings. The summed E-state index contributed by atoms with van der Waals surface area (Å²) in [6, 6.07) is 7.68. The number of rotatable bonds is 5. The summed E-state index contributed by atoms with van der Waals surface area (Å²) in [6.07, 6.45) is 1.27. The number of hydrogen-bond acceptors (Lipinski definition) is 4. The van der Waals surface area contributed by atoms with Crippen molar-refractivity contribution >= 4 is 16.9 Å². The van der Waals surface area contributed by atoms with Gasteiger partial charge in [-0.3, -0.25) is 9.78 Å². The molecule has 20 heavy (non-hydrogen) atoms. The van der Waals surface area contributed by atoms with Gasteiger partial charge in [-0.15, -0.1) is 0 Å². The largest absolute Gasteiger partial charge is 0.369 e. The zero-order chi connectivity index (χ0) is 14.5. The number of hydrogen-bond donors (Lipinski definition) is 0. The normalized spacial score (nSPS) is 12.3. The first-order valence-corrected chi connectivity index (χ1v) is 6.69. The second-order valence-corrected chi connectivity index (χ2v) is 4.64. The van der Waals surface area contributed by atoms with Crippen LogP contribution in [0, 0.1) is 0 Å². The molecule has 1 aromatic heterocycles. The third-order valence-electron chi connectivity index (χ3n) is 3.04. The van der Waals surface area contributed by atoms with Crippen LogP contribution in [0.5, 0.6) is 0 Å². The lowest BCUT2D eigenvalue weighted by Crippen LogP contribution is -2.36. The molecule has 5 heteroatoms. The fraction of sp³-hybridized carbons (Fsp3) is 0.400. The molecule has 0 radical (unpaired) electrons. The van der Waals surface area contributed by atoms with E-state index in [1.54, 1.807) is 25.1 Å². The number of carbonyl (C=O) groups excluding carboxylic acids is 1. The zero-order valence-electron chi connectivity index (χ0n) is 12.0. The Hall–Kier alpha value is -2.01. The summed E-state index contributed by atoms with van der Waals surface area (Å²) in [4.78, 5) is 22.5. The van der Waals surface area contributed by atoms with E-state index in [-0.39, 0.29) is 5.91 Å². The molecule has 0 saturated carbocycles. The van der Waals surface area contributed by atoms with E-state index in [1.165, 1.54) is 0 Å². The molecule has 0 bridgehead atoms. The van der Waals surface area contributed by atoms with Gasteiger partial charge in [0.25, 0.3) is 5.91 Å². The first kappa shape index (κ1) is 14.4. The topological polar surface area (TPSA) is 55.3 Å². The number of fused-ring (bicyclic) bond motifs is 1. The molecule has 0 unspecified atom stereocenters. The Bertz CT molecular complexity index is 600. The van der Waals surface area contributed by atoms with Gasteiger partial charge < -0.3 is 9.64 Å². The maximum absolute atomic E-state index is 12.1. The highest BCUT2D eigenvalue weighted by Gasteiger charge is 2.18. The molecule has 0 saturated heterocycles. The fourth-order valence-corrected chi connectivity index (χ4v) is 2.02. The van der Waals surface area contributed by atoms with Crippen LogP contribution in [0.25, 0.3) is 11.0 Å². The SMILES string of the molecule is CCO[C@@H](C)C(=O)N(C)Cc1cnc2ccccc2n1. The number of aromatic nitrogens is 2. The molecule has 1 aromatic carbocycles. The average Bonchev–Trinajstić information content (AvgIpc) is 2.46. The minimum absolute atomic E-state index is 0.0539. The van der Waals surface area contributed by atoms with Crippen molar-refractivity contribution in [1.82, 2.24) is 14.9 Å². The van der Waals surface area contributed by atoms with Crippen LogP contribution in [-0.2, 0) is 16.1 Å². The second-order valence-electron chi connectivity index (χ2n) is 4.64. The molecule has 5 nitrogen and oxygen atoms in total. The molecule has 0 fully saturated rings. The van der Waals surface area contributed by atoms with Gasteiger partial charge in [0.15, 0.2) is 0 Å². The standard InChI is InChI=1S/C15H19N3O2/c1-4-20-11(2)15(19)18(3)10-12-9-16-13-7-5-6-8-14(13)17-12/h5-9,11H,4,10H2,1-3H3/t11-/m0/s1. The quantitative estimate of drug-likeness (QED) is 0.836. The predicted molar refractivity (Wildman–Crippen MR) is 77.1 cm³/mol. The molecule has 0 aliphatic carbocycles. The van der Waals surface area contributed by atoms with E-state index in [0.717, 1.165) is 16.7 Å². The van der Waals surface area contributed by atoms with Gasteiger partial charge in [0.2, 0.25) is 0 Å². The molecule has 1 amide bonds. The van der Waals surface area contributed by atoms with E-state index in [2.05, 4.69) is 9.97 Å². The minimum atomic E-state index is -0.432. The number of ether oxygens (including phenoxy) is 1. The summed E-state index contributed by atoms with van der Waals surface area (Å²) in [5, 5.41) is 0. The van der Waals surface area contributed by atoms with Crippen molar-refractivity contribution < 1.29 is 9.53 Å². The maximum Gasteiger partial charge on any atom is 0.251 e. The molecular formula is C15H19N3O2. The van der Waals surface area contributed by atoms with Crippen LogP contribution >= 0.6 is 0 Å². The summed E-state index contributed by atoms with van der Waals surface area (Å²) in [5.41, 5.74) is 2.46. The Morgan fingerprint density at radius 1 is 1.35 bits per heavy atom. The summed E-state index contributed by atoms with van der Waals surface area (Å²) in [6.45, 7) is 4.58. The van der Waals surface area contributed by atoms with E-state index in [1.807, 2.05) is 31.2 Å². The van der Waals surface area contributed by atoms with E-state index >= 15 is 0 Å². The summed E-state index contributed by atoms with van der Waals surface area (Å²) in [5.74, 6) is -0.0539. The number of likely N-dealkylation sites (N-methyl/N-ethyl adjacent to an activating group) is 1. The number of benzene rings is 1. The lowest BCUT2D eigenvalue weighted by molar-refractivity contribution is -0.141. The van der Waals surface area contributed by atoms with E-state index in [4.69, 9.17) is 4.74 Å². The third-order valence-corrected chi connectivity index (χ3v) is 3.04. The lowest BCUT2D eigenvalue weighted by atomic mass is 10.3. The van der Waals surface area contributed by atoms with Crippen molar-refractivity contribution in [2.24, 2.45) is 0 Å². The smallest absolute Gasteiger partial charge is 0.251 e. The zero-order valence-corrected chi connectivity index (χ0v) is 12.0. The Kier molecular flexibility index (Phi) is 4.63. The predicted octanol–water partition coefficient (Wildman–Crippen LogP) is 2.01. The molecule has 0 N–H and O–H groups in total. The van der Waals surface area contributed by atoms with E-state index in [0.29, 0.717) is 13.2 Å². The van der Waals surface area contributed by atoms with E-state index in [9.17, 15) is 4.79 Å². The van der Waals surface area contributed by atoms with Crippen LogP contribution in [0.2, 0.25) is 0 Å². The van der Waals surface area contributed by atoms with Gasteiger partial charge >= 0.3 is 0 Å². The Morgan fingerprint density at radius 2 is 2.05 bits per heavy atom.